The Morgan fingerprint density at radius 2 is 1.55 bits per heavy atom. The third kappa shape index (κ3) is 2.87. The van der Waals surface area contributed by atoms with E-state index in [1.807, 2.05) is 0 Å². The van der Waals surface area contributed by atoms with E-state index in [0.29, 0.717) is 11.8 Å². The van der Waals surface area contributed by atoms with Crippen molar-refractivity contribution in [3.63, 3.8) is 0 Å². The number of allylic oxidation sites excluding steroid dienone is 2. The second-order valence-electron chi connectivity index (χ2n) is 15.1. The lowest BCUT2D eigenvalue weighted by Gasteiger charge is -2.71. The van der Waals surface area contributed by atoms with Crippen molar-refractivity contribution in [1.29, 1.82) is 0 Å². The van der Waals surface area contributed by atoms with E-state index in [0.717, 1.165) is 51.4 Å². The molecule has 0 heterocycles. The molecule has 0 aliphatic heterocycles. The van der Waals surface area contributed by atoms with Crippen LogP contribution >= 0.6 is 0 Å². The van der Waals surface area contributed by atoms with Crippen molar-refractivity contribution in [1.82, 2.24) is 0 Å². The van der Waals surface area contributed by atoms with Crippen molar-refractivity contribution >= 4 is 5.97 Å². The van der Waals surface area contributed by atoms with E-state index in [2.05, 4.69) is 54.5 Å². The molecule has 0 amide bonds. The molecule has 5 rings (SSSR count). The molecule has 5 aliphatic carbocycles. The first kappa shape index (κ1) is 23.9. The topological polar surface area (TPSA) is 57.5 Å². The molecular formula is C30H48O3. The molecule has 4 saturated carbocycles. The summed E-state index contributed by atoms with van der Waals surface area (Å²) in [6, 6.07) is 0. The average molecular weight is 457 g/mol. The van der Waals surface area contributed by atoms with Gasteiger partial charge in [0.05, 0.1) is 11.5 Å². The van der Waals surface area contributed by atoms with Gasteiger partial charge in [0.15, 0.2) is 0 Å². The maximum absolute atomic E-state index is 12.8. The Bertz CT molecular complexity index is 885. The summed E-state index contributed by atoms with van der Waals surface area (Å²) < 4.78 is 0. The normalized spacial score (nSPS) is 52.4. The predicted molar refractivity (Wildman–Crippen MR) is 133 cm³/mol. The van der Waals surface area contributed by atoms with Gasteiger partial charge in [0.1, 0.15) is 0 Å². The Hall–Kier alpha value is -0.830. The lowest BCUT2D eigenvalue weighted by Crippen LogP contribution is -2.65. The minimum atomic E-state index is -0.553. The molecule has 186 valence electrons. The minimum Gasteiger partial charge on any atom is -0.481 e. The molecule has 0 bridgehead atoms. The van der Waals surface area contributed by atoms with Gasteiger partial charge in [-0.2, -0.15) is 0 Å². The van der Waals surface area contributed by atoms with Crippen LogP contribution in [0.1, 0.15) is 113 Å². The fraction of sp³-hybridized carbons (Fsp3) is 0.900. The number of carboxylic acid groups (broad SMARTS) is 1. The van der Waals surface area contributed by atoms with Crippen molar-refractivity contribution in [2.24, 2.45) is 50.2 Å². The molecule has 0 spiro atoms. The highest BCUT2D eigenvalue weighted by molar-refractivity contribution is 5.76. The van der Waals surface area contributed by atoms with Crippen molar-refractivity contribution in [2.45, 2.75) is 119 Å². The molecule has 0 unspecified atom stereocenters. The highest BCUT2D eigenvalue weighted by Crippen LogP contribution is 2.75. The standard InChI is InChI=1S/C30H48O3/c1-25(2)14-16-30(24(32)33)17-15-28(6)19(20(30)18-25)8-9-22-27(5)12-11-23(31)26(3,4)21(27)10-13-29(22,28)7/h8,20-23,31H,9-18H2,1-7H3,(H,32,33)/t20-,21+,22+,23-,27-,28-,29-,30+/m0/s1. The third-order valence-electron chi connectivity index (χ3n) is 13.0. The van der Waals surface area contributed by atoms with Gasteiger partial charge in [-0.15, -0.1) is 0 Å². The van der Waals surface area contributed by atoms with Gasteiger partial charge < -0.3 is 10.2 Å². The summed E-state index contributed by atoms with van der Waals surface area (Å²) in [7, 11) is 0. The summed E-state index contributed by atoms with van der Waals surface area (Å²) in [5.41, 5.74) is 1.68. The van der Waals surface area contributed by atoms with Gasteiger partial charge in [0.2, 0.25) is 0 Å². The van der Waals surface area contributed by atoms with Crippen molar-refractivity contribution in [3.8, 4) is 0 Å². The summed E-state index contributed by atoms with van der Waals surface area (Å²) in [5, 5.41) is 21.4. The Morgan fingerprint density at radius 1 is 0.879 bits per heavy atom. The number of hydrogen-bond acceptors (Lipinski definition) is 2. The van der Waals surface area contributed by atoms with E-state index in [1.165, 1.54) is 18.4 Å². The summed E-state index contributed by atoms with van der Waals surface area (Å²) >= 11 is 0. The van der Waals surface area contributed by atoms with E-state index in [9.17, 15) is 15.0 Å². The van der Waals surface area contributed by atoms with E-state index in [-0.39, 0.29) is 39.1 Å². The smallest absolute Gasteiger partial charge is 0.310 e. The van der Waals surface area contributed by atoms with Crippen molar-refractivity contribution < 1.29 is 15.0 Å². The van der Waals surface area contributed by atoms with Crippen LogP contribution in [0.3, 0.4) is 0 Å². The van der Waals surface area contributed by atoms with Gasteiger partial charge in [-0.05, 0) is 109 Å². The van der Waals surface area contributed by atoms with Crippen LogP contribution < -0.4 is 0 Å². The van der Waals surface area contributed by atoms with E-state index >= 15 is 0 Å². The first-order valence-electron chi connectivity index (χ1n) is 13.8. The second-order valence-corrected chi connectivity index (χ2v) is 15.1. The number of carboxylic acids is 1. The van der Waals surface area contributed by atoms with Crippen LogP contribution in [0, 0.1) is 50.2 Å². The summed E-state index contributed by atoms with van der Waals surface area (Å²) in [5.74, 6) is 0.807. The van der Waals surface area contributed by atoms with Gasteiger partial charge in [-0.25, -0.2) is 0 Å². The van der Waals surface area contributed by atoms with E-state index < -0.39 is 11.4 Å². The lowest BCUT2D eigenvalue weighted by atomic mass is 9.33. The van der Waals surface area contributed by atoms with Crippen LogP contribution in [-0.2, 0) is 4.79 Å². The van der Waals surface area contributed by atoms with E-state index in [4.69, 9.17) is 0 Å². The Balaban J connectivity index is 1.60. The first-order valence-corrected chi connectivity index (χ1v) is 13.8. The molecule has 3 heteroatoms. The molecule has 0 aromatic heterocycles. The Morgan fingerprint density at radius 3 is 2.21 bits per heavy atom. The zero-order valence-electron chi connectivity index (χ0n) is 22.3. The molecule has 8 atom stereocenters. The highest BCUT2D eigenvalue weighted by atomic mass is 16.4. The minimum absolute atomic E-state index is 0.0301. The fourth-order valence-electron chi connectivity index (χ4n) is 10.6. The number of fused-ring (bicyclic) bond motifs is 7. The monoisotopic (exact) mass is 456 g/mol. The summed E-state index contributed by atoms with van der Waals surface area (Å²) in [6.45, 7) is 16.9. The molecule has 33 heavy (non-hydrogen) atoms. The number of aliphatic carboxylic acids is 1. The number of aliphatic hydroxyl groups excluding tert-OH is 1. The fourth-order valence-corrected chi connectivity index (χ4v) is 10.6. The quantitative estimate of drug-likeness (QED) is 0.409. The van der Waals surface area contributed by atoms with Crippen molar-refractivity contribution in [2.75, 3.05) is 0 Å². The maximum Gasteiger partial charge on any atom is 0.310 e. The van der Waals surface area contributed by atoms with E-state index in [1.54, 1.807) is 0 Å². The molecule has 3 nitrogen and oxygen atoms in total. The van der Waals surface area contributed by atoms with Gasteiger partial charge in [-0.1, -0.05) is 60.1 Å². The molecule has 0 aromatic carbocycles. The number of aliphatic hydroxyl groups is 1. The summed E-state index contributed by atoms with van der Waals surface area (Å²) in [6.07, 6.45) is 12.6. The Kier molecular flexibility index (Phi) is 4.99. The van der Waals surface area contributed by atoms with Gasteiger partial charge >= 0.3 is 5.97 Å². The molecule has 5 aliphatic rings. The van der Waals surface area contributed by atoms with Crippen molar-refractivity contribution in [3.05, 3.63) is 11.6 Å². The number of hydrogen-bond donors (Lipinski definition) is 2. The maximum atomic E-state index is 12.8. The molecule has 0 radical (unpaired) electrons. The highest BCUT2D eigenvalue weighted by Gasteiger charge is 2.69. The van der Waals surface area contributed by atoms with Gasteiger partial charge in [0, 0.05) is 0 Å². The molecular weight excluding hydrogens is 408 g/mol. The zero-order chi connectivity index (χ0) is 24.2. The predicted octanol–water partition coefficient (Wildman–Crippen LogP) is 7.23. The number of rotatable bonds is 1. The number of carbonyl (C=O) groups is 1. The van der Waals surface area contributed by atoms with Crippen LogP contribution in [0.15, 0.2) is 11.6 Å². The zero-order valence-corrected chi connectivity index (χ0v) is 22.3. The third-order valence-corrected chi connectivity index (χ3v) is 13.0. The first-order chi connectivity index (χ1) is 15.1. The van der Waals surface area contributed by atoms with Crippen LogP contribution in [0.25, 0.3) is 0 Å². The average Bonchev–Trinajstić information content (AvgIpc) is 2.71. The molecule has 0 saturated heterocycles. The largest absolute Gasteiger partial charge is 0.481 e. The van der Waals surface area contributed by atoms with Gasteiger partial charge in [0.25, 0.3) is 0 Å². The molecule has 0 aromatic rings. The van der Waals surface area contributed by atoms with Crippen LogP contribution in [0.5, 0.6) is 0 Å². The second kappa shape index (κ2) is 6.89. The SMILES string of the molecule is CC1(C)CC[C@@]2(C(=O)O)CC[C@@]3(C)C(=CC[C@@H]4[C@@]5(C)CC[C@H](O)C(C)(C)[C@H]5CC[C@@]43C)[C@@H]2C1. The molecule has 2 N–H and O–H groups in total. The Labute approximate surface area is 201 Å². The molecule has 4 fully saturated rings. The van der Waals surface area contributed by atoms with Crippen LogP contribution in [0.2, 0.25) is 0 Å². The van der Waals surface area contributed by atoms with Gasteiger partial charge in [-0.3, -0.25) is 4.79 Å². The van der Waals surface area contributed by atoms with Crippen LogP contribution in [0.4, 0.5) is 0 Å². The van der Waals surface area contributed by atoms with Crippen LogP contribution in [-0.4, -0.2) is 22.3 Å². The summed E-state index contributed by atoms with van der Waals surface area (Å²) in [4.78, 5) is 12.8. The lowest BCUT2D eigenvalue weighted by molar-refractivity contribution is -0.205.